The second kappa shape index (κ2) is 5.40. The molecule has 5 heteroatoms. The Balaban J connectivity index is 2.38. The van der Waals surface area contributed by atoms with E-state index in [-0.39, 0.29) is 5.91 Å². The summed E-state index contributed by atoms with van der Waals surface area (Å²) in [7, 11) is 1.66. The number of ether oxygens (including phenoxy) is 1. The summed E-state index contributed by atoms with van der Waals surface area (Å²) in [6.45, 7) is 5.48. The number of hydrogen-bond donors (Lipinski definition) is 1. The first-order valence-corrected chi connectivity index (χ1v) is 6.73. The third-order valence-electron chi connectivity index (χ3n) is 2.75. The van der Waals surface area contributed by atoms with Crippen LogP contribution in [0.2, 0.25) is 0 Å². The molecule has 0 spiro atoms. The van der Waals surface area contributed by atoms with Crippen LogP contribution in [-0.4, -0.2) is 18.0 Å². The number of aromatic nitrogens is 1. The Labute approximate surface area is 116 Å². The Kier molecular flexibility index (Phi) is 3.85. The van der Waals surface area contributed by atoms with E-state index in [0.29, 0.717) is 5.13 Å². The lowest BCUT2D eigenvalue weighted by atomic mass is 10.1. The lowest BCUT2D eigenvalue weighted by molar-refractivity contribution is -0.114. The largest absolute Gasteiger partial charge is 0.496 e. The molecule has 1 heterocycles. The van der Waals surface area contributed by atoms with Crippen LogP contribution in [0.25, 0.3) is 11.3 Å². The number of amides is 1. The Morgan fingerprint density at radius 3 is 2.68 bits per heavy atom. The summed E-state index contributed by atoms with van der Waals surface area (Å²) in [5.41, 5.74) is 3.00. The van der Waals surface area contributed by atoms with Crippen LogP contribution in [0.5, 0.6) is 5.75 Å². The van der Waals surface area contributed by atoms with E-state index in [2.05, 4.69) is 10.3 Å². The zero-order chi connectivity index (χ0) is 14.0. The number of carbonyl (C=O) groups excluding carboxylic acids is 1. The fourth-order valence-electron chi connectivity index (χ4n) is 1.89. The second-order valence-electron chi connectivity index (χ2n) is 4.29. The maximum atomic E-state index is 11.0. The smallest absolute Gasteiger partial charge is 0.223 e. The van der Waals surface area contributed by atoms with Gasteiger partial charge >= 0.3 is 0 Å². The van der Waals surface area contributed by atoms with Crippen molar-refractivity contribution >= 4 is 22.4 Å². The number of nitrogens with zero attached hydrogens (tertiary/aromatic N) is 1. The highest BCUT2D eigenvalue weighted by atomic mass is 32.1. The van der Waals surface area contributed by atoms with Crippen molar-refractivity contribution in [2.75, 3.05) is 12.4 Å². The molecule has 0 atom stereocenters. The molecule has 0 fully saturated rings. The van der Waals surface area contributed by atoms with Gasteiger partial charge in [0, 0.05) is 17.4 Å². The summed E-state index contributed by atoms with van der Waals surface area (Å²) in [6.07, 6.45) is 0. The van der Waals surface area contributed by atoms with Gasteiger partial charge in [-0.05, 0) is 37.6 Å². The molecule has 1 amide bonds. The number of nitrogens with one attached hydrogen (secondary N) is 1. The van der Waals surface area contributed by atoms with E-state index < -0.39 is 0 Å². The van der Waals surface area contributed by atoms with Gasteiger partial charge in [0.05, 0.1) is 12.8 Å². The molecule has 19 heavy (non-hydrogen) atoms. The minimum atomic E-state index is -0.105. The molecule has 0 aliphatic heterocycles. The van der Waals surface area contributed by atoms with Crippen molar-refractivity contribution in [3.05, 3.63) is 28.6 Å². The number of hydrogen-bond acceptors (Lipinski definition) is 4. The van der Waals surface area contributed by atoms with Crippen LogP contribution in [0.3, 0.4) is 0 Å². The number of methoxy groups -OCH3 is 1. The number of rotatable bonds is 3. The first-order chi connectivity index (χ1) is 9.01. The standard InChI is InChI=1S/C14H16N2O2S/c1-8-7-11(5-6-12(8)18-4)13-9(2)19-14(16-13)15-10(3)17/h5-7H,1-4H3,(H,15,16,17). The molecule has 2 rings (SSSR count). The maximum absolute atomic E-state index is 11.0. The second-order valence-corrected chi connectivity index (χ2v) is 5.49. The molecule has 4 nitrogen and oxygen atoms in total. The van der Waals surface area contributed by atoms with Crippen LogP contribution in [0, 0.1) is 13.8 Å². The number of benzene rings is 1. The molecule has 1 aromatic heterocycles. The van der Waals surface area contributed by atoms with Gasteiger partial charge in [-0.15, -0.1) is 11.3 Å². The van der Waals surface area contributed by atoms with Gasteiger partial charge in [-0.25, -0.2) is 4.98 Å². The summed E-state index contributed by atoms with van der Waals surface area (Å²) in [5.74, 6) is 0.755. The zero-order valence-corrected chi connectivity index (χ0v) is 12.2. The number of carbonyl (C=O) groups is 1. The van der Waals surface area contributed by atoms with Gasteiger partial charge in [-0.2, -0.15) is 0 Å². The van der Waals surface area contributed by atoms with Gasteiger partial charge in [-0.1, -0.05) is 0 Å². The van der Waals surface area contributed by atoms with E-state index in [1.54, 1.807) is 7.11 Å². The quantitative estimate of drug-likeness (QED) is 0.934. The van der Waals surface area contributed by atoms with Crippen molar-refractivity contribution in [3.8, 4) is 17.0 Å². The first kappa shape index (κ1) is 13.5. The van der Waals surface area contributed by atoms with Gasteiger partial charge in [0.15, 0.2) is 5.13 Å². The third kappa shape index (κ3) is 2.93. The molecule has 1 aromatic carbocycles. The van der Waals surface area contributed by atoms with Gasteiger partial charge in [-0.3, -0.25) is 4.79 Å². The molecule has 0 aliphatic carbocycles. The lowest BCUT2D eigenvalue weighted by Gasteiger charge is -2.06. The van der Waals surface area contributed by atoms with E-state index >= 15 is 0 Å². The zero-order valence-electron chi connectivity index (χ0n) is 11.4. The first-order valence-electron chi connectivity index (χ1n) is 5.91. The van der Waals surface area contributed by atoms with Crippen LogP contribution in [0.4, 0.5) is 5.13 Å². The minimum Gasteiger partial charge on any atom is -0.496 e. The van der Waals surface area contributed by atoms with Crippen LogP contribution in [0.1, 0.15) is 17.4 Å². The SMILES string of the molecule is COc1ccc(-c2nc(NC(C)=O)sc2C)cc1C. The van der Waals surface area contributed by atoms with Gasteiger partial charge in [0.1, 0.15) is 5.75 Å². The van der Waals surface area contributed by atoms with Crippen molar-refractivity contribution in [1.82, 2.24) is 4.98 Å². The van der Waals surface area contributed by atoms with E-state index in [0.717, 1.165) is 27.4 Å². The molecular weight excluding hydrogens is 260 g/mol. The summed E-state index contributed by atoms with van der Waals surface area (Å²) in [5, 5.41) is 3.35. The van der Waals surface area contributed by atoms with Gasteiger partial charge < -0.3 is 10.1 Å². The molecular formula is C14H16N2O2S. The lowest BCUT2D eigenvalue weighted by Crippen LogP contribution is -2.04. The van der Waals surface area contributed by atoms with Crippen LogP contribution >= 0.6 is 11.3 Å². The highest BCUT2D eigenvalue weighted by molar-refractivity contribution is 7.16. The summed E-state index contributed by atoms with van der Waals surface area (Å²) in [4.78, 5) is 16.6. The average Bonchev–Trinajstić information content (AvgIpc) is 2.69. The highest BCUT2D eigenvalue weighted by Crippen LogP contribution is 2.32. The van der Waals surface area contributed by atoms with Gasteiger partial charge in [0.2, 0.25) is 5.91 Å². The van der Waals surface area contributed by atoms with E-state index in [4.69, 9.17) is 4.74 Å². The van der Waals surface area contributed by atoms with Gasteiger partial charge in [0.25, 0.3) is 0 Å². The molecule has 0 unspecified atom stereocenters. The summed E-state index contributed by atoms with van der Waals surface area (Å²) >= 11 is 1.48. The van der Waals surface area contributed by atoms with Crippen molar-refractivity contribution < 1.29 is 9.53 Å². The fraction of sp³-hybridized carbons (Fsp3) is 0.286. The van der Waals surface area contributed by atoms with Crippen molar-refractivity contribution in [2.45, 2.75) is 20.8 Å². The molecule has 100 valence electrons. The topological polar surface area (TPSA) is 51.2 Å². The van der Waals surface area contributed by atoms with Crippen LogP contribution in [-0.2, 0) is 4.79 Å². The van der Waals surface area contributed by atoms with E-state index in [1.165, 1.54) is 18.3 Å². The molecule has 1 N–H and O–H groups in total. The highest BCUT2D eigenvalue weighted by Gasteiger charge is 2.11. The predicted octanol–water partition coefficient (Wildman–Crippen LogP) is 3.39. The van der Waals surface area contributed by atoms with E-state index in [1.807, 2.05) is 32.0 Å². The third-order valence-corrected chi connectivity index (χ3v) is 3.63. The summed E-state index contributed by atoms with van der Waals surface area (Å²) < 4.78 is 5.25. The Morgan fingerprint density at radius 1 is 1.37 bits per heavy atom. The molecule has 0 saturated heterocycles. The van der Waals surface area contributed by atoms with E-state index in [9.17, 15) is 4.79 Å². The molecule has 0 radical (unpaired) electrons. The Morgan fingerprint density at radius 2 is 2.11 bits per heavy atom. The molecule has 2 aromatic rings. The summed E-state index contributed by atoms with van der Waals surface area (Å²) in [6, 6.07) is 5.95. The molecule has 0 bridgehead atoms. The number of thiazole rings is 1. The molecule has 0 aliphatic rings. The fourth-order valence-corrected chi connectivity index (χ4v) is 2.78. The normalized spacial score (nSPS) is 10.3. The van der Waals surface area contributed by atoms with Crippen LogP contribution < -0.4 is 10.1 Å². The maximum Gasteiger partial charge on any atom is 0.223 e. The Bertz CT molecular complexity index is 620. The van der Waals surface area contributed by atoms with Crippen LogP contribution in [0.15, 0.2) is 18.2 Å². The van der Waals surface area contributed by atoms with Crippen molar-refractivity contribution in [1.29, 1.82) is 0 Å². The average molecular weight is 276 g/mol. The van der Waals surface area contributed by atoms with Crippen molar-refractivity contribution in [2.24, 2.45) is 0 Å². The number of aryl methyl sites for hydroxylation is 2. The Hall–Kier alpha value is -1.88. The molecule has 0 saturated carbocycles. The number of anilines is 1. The monoisotopic (exact) mass is 276 g/mol. The predicted molar refractivity (Wildman–Crippen MR) is 77.9 cm³/mol. The van der Waals surface area contributed by atoms with Crippen molar-refractivity contribution in [3.63, 3.8) is 0 Å². The minimum absolute atomic E-state index is 0.105.